The zero-order valence-electron chi connectivity index (χ0n) is 10.0. The quantitative estimate of drug-likeness (QED) is 0.407. The molecule has 0 radical (unpaired) electrons. The third-order valence-corrected chi connectivity index (χ3v) is 2.05. The Morgan fingerprint density at radius 1 is 1.31 bits per heavy atom. The van der Waals surface area contributed by atoms with Crippen LogP contribution in [0.3, 0.4) is 0 Å². The monoisotopic (exact) mass is 217 g/mol. The van der Waals surface area contributed by atoms with Crippen LogP contribution in [-0.4, -0.2) is 25.0 Å². The van der Waals surface area contributed by atoms with E-state index < -0.39 is 0 Å². The lowest BCUT2D eigenvalue weighted by molar-refractivity contribution is 0.121. The average molecular weight is 217 g/mol. The van der Waals surface area contributed by atoms with Crippen LogP contribution in [0.5, 0.6) is 0 Å². The van der Waals surface area contributed by atoms with Crippen molar-refractivity contribution in [1.29, 1.82) is 0 Å². The van der Waals surface area contributed by atoms with E-state index in [1.165, 1.54) is 0 Å². The number of benzene rings is 1. The molecule has 1 rings (SSSR count). The summed E-state index contributed by atoms with van der Waals surface area (Å²) in [7, 11) is 0. The predicted octanol–water partition coefficient (Wildman–Crippen LogP) is 3.09. The first-order valence-electron chi connectivity index (χ1n) is 5.43. The Morgan fingerprint density at radius 3 is 2.62 bits per heavy atom. The largest absolute Gasteiger partial charge is 0.375 e. The fourth-order valence-corrected chi connectivity index (χ4v) is 1.22. The molecule has 1 aromatic carbocycles. The van der Waals surface area contributed by atoms with Gasteiger partial charge in [-0.25, -0.2) is 0 Å². The molecule has 0 saturated carbocycles. The van der Waals surface area contributed by atoms with Gasteiger partial charge in [0.1, 0.15) is 0 Å². The van der Waals surface area contributed by atoms with E-state index in [1.807, 2.05) is 36.5 Å². The third kappa shape index (κ3) is 4.89. The maximum absolute atomic E-state index is 5.40. The Balaban J connectivity index is 2.51. The second kappa shape index (κ2) is 6.23. The average Bonchev–Trinajstić information content (AvgIpc) is 2.28. The molecule has 0 bridgehead atoms. The molecule has 0 fully saturated rings. The molecule has 0 N–H and O–H groups in total. The van der Waals surface area contributed by atoms with Gasteiger partial charge in [0, 0.05) is 6.21 Å². The van der Waals surface area contributed by atoms with Crippen LogP contribution in [-0.2, 0) is 4.74 Å². The molecule has 2 nitrogen and oxygen atoms in total. The van der Waals surface area contributed by atoms with Crippen molar-refractivity contribution in [3.8, 4) is 0 Å². The standard InChI is InChI=1S/C14H19NO/c1-4-10-16-12-14(2,3)15-11-13-8-6-5-7-9-13/h4-9,11H,1,10,12H2,2-3H3. The molecule has 0 spiro atoms. The maximum Gasteiger partial charge on any atom is 0.0785 e. The molecule has 16 heavy (non-hydrogen) atoms. The third-order valence-electron chi connectivity index (χ3n) is 2.05. The maximum atomic E-state index is 5.40. The fraction of sp³-hybridized carbons (Fsp3) is 0.357. The van der Waals surface area contributed by atoms with Crippen molar-refractivity contribution in [3.05, 3.63) is 48.6 Å². The van der Waals surface area contributed by atoms with Crippen LogP contribution in [0.25, 0.3) is 0 Å². The van der Waals surface area contributed by atoms with Crippen molar-refractivity contribution in [2.45, 2.75) is 19.4 Å². The molecule has 0 aliphatic heterocycles. The molecule has 86 valence electrons. The Morgan fingerprint density at radius 2 is 2.00 bits per heavy atom. The second-order valence-corrected chi connectivity index (χ2v) is 4.29. The van der Waals surface area contributed by atoms with Gasteiger partial charge in [0.25, 0.3) is 0 Å². The van der Waals surface area contributed by atoms with E-state index in [1.54, 1.807) is 6.08 Å². The Bertz CT molecular complexity index is 341. The van der Waals surface area contributed by atoms with E-state index in [0.717, 1.165) is 5.56 Å². The molecule has 0 saturated heterocycles. The van der Waals surface area contributed by atoms with Gasteiger partial charge in [-0.15, -0.1) is 6.58 Å². The zero-order valence-corrected chi connectivity index (χ0v) is 10.0. The summed E-state index contributed by atoms with van der Waals surface area (Å²) in [6, 6.07) is 10.1. The van der Waals surface area contributed by atoms with E-state index in [-0.39, 0.29) is 5.54 Å². The van der Waals surface area contributed by atoms with Crippen molar-refractivity contribution in [3.63, 3.8) is 0 Å². The van der Waals surface area contributed by atoms with Crippen LogP contribution in [0.1, 0.15) is 19.4 Å². The lowest BCUT2D eigenvalue weighted by atomic mass is 10.1. The van der Waals surface area contributed by atoms with Gasteiger partial charge in [0.05, 0.1) is 18.8 Å². The lowest BCUT2D eigenvalue weighted by Crippen LogP contribution is -2.24. The smallest absolute Gasteiger partial charge is 0.0785 e. The number of rotatable bonds is 6. The highest BCUT2D eigenvalue weighted by Crippen LogP contribution is 2.09. The summed E-state index contributed by atoms with van der Waals surface area (Å²) in [5.41, 5.74) is 0.915. The summed E-state index contributed by atoms with van der Waals surface area (Å²) in [5.74, 6) is 0. The zero-order chi connectivity index (χ0) is 11.9. The number of nitrogens with zero attached hydrogens (tertiary/aromatic N) is 1. The van der Waals surface area contributed by atoms with Crippen molar-refractivity contribution in [1.82, 2.24) is 0 Å². The van der Waals surface area contributed by atoms with Gasteiger partial charge in [0.15, 0.2) is 0 Å². The van der Waals surface area contributed by atoms with Gasteiger partial charge in [-0.1, -0.05) is 36.4 Å². The summed E-state index contributed by atoms with van der Waals surface area (Å²) in [6.07, 6.45) is 3.63. The van der Waals surface area contributed by atoms with E-state index in [4.69, 9.17) is 4.74 Å². The number of aliphatic imine (C=N–C) groups is 1. The molecular weight excluding hydrogens is 198 g/mol. The van der Waals surface area contributed by atoms with E-state index in [9.17, 15) is 0 Å². The van der Waals surface area contributed by atoms with E-state index in [0.29, 0.717) is 13.2 Å². The SMILES string of the molecule is C=CCOCC(C)(C)N=Cc1ccccc1. The molecule has 0 amide bonds. The first kappa shape index (κ1) is 12.7. The van der Waals surface area contributed by atoms with Crippen molar-refractivity contribution < 1.29 is 4.74 Å². The van der Waals surface area contributed by atoms with Crippen LogP contribution < -0.4 is 0 Å². The van der Waals surface area contributed by atoms with Crippen LogP contribution >= 0.6 is 0 Å². The summed E-state index contributed by atoms with van der Waals surface area (Å²) < 4.78 is 5.40. The van der Waals surface area contributed by atoms with Crippen molar-refractivity contribution in [2.75, 3.05) is 13.2 Å². The van der Waals surface area contributed by atoms with Gasteiger partial charge in [0.2, 0.25) is 0 Å². The fourth-order valence-electron chi connectivity index (χ4n) is 1.22. The molecule has 0 unspecified atom stereocenters. The van der Waals surface area contributed by atoms with E-state index in [2.05, 4.69) is 25.4 Å². The summed E-state index contributed by atoms with van der Waals surface area (Å²) in [6.45, 7) is 8.89. The molecule has 0 atom stereocenters. The Labute approximate surface area is 97.7 Å². The molecule has 1 aromatic rings. The summed E-state index contributed by atoms with van der Waals surface area (Å²) in [5, 5.41) is 0. The molecule has 0 aliphatic carbocycles. The minimum atomic E-state index is -0.196. The van der Waals surface area contributed by atoms with Crippen molar-refractivity contribution >= 4 is 6.21 Å². The van der Waals surface area contributed by atoms with Crippen LogP contribution in [0.15, 0.2) is 48.0 Å². The first-order chi connectivity index (χ1) is 7.64. The van der Waals surface area contributed by atoms with Gasteiger partial charge in [-0.05, 0) is 19.4 Å². The second-order valence-electron chi connectivity index (χ2n) is 4.29. The number of hydrogen-bond donors (Lipinski definition) is 0. The molecule has 0 aromatic heterocycles. The van der Waals surface area contributed by atoms with Crippen LogP contribution in [0, 0.1) is 0 Å². The van der Waals surface area contributed by atoms with Crippen LogP contribution in [0.2, 0.25) is 0 Å². The minimum Gasteiger partial charge on any atom is -0.375 e. The highest BCUT2D eigenvalue weighted by Gasteiger charge is 2.14. The predicted molar refractivity (Wildman–Crippen MR) is 69.1 cm³/mol. The Kier molecular flexibility index (Phi) is 4.93. The highest BCUT2D eigenvalue weighted by molar-refractivity contribution is 5.79. The molecule has 0 aliphatic rings. The normalized spacial score (nSPS) is 11.9. The minimum absolute atomic E-state index is 0.196. The van der Waals surface area contributed by atoms with Gasteiger partial charge in [-0.3, -0.25) is 4.99 Å². The van der Waals surface area contributed by atoms with Gasteiger partial charge < -0.3 is 4.74 Å². The summed E-state index contributed by atoms with van der Waals surface area (Å²) >= 11 is 0. The van der Waals surface area contributed by atoms with Crippen LogP contribution in [0.4, 0.5) is 0 Å². The van der Waals surface area contributed by atoms with Gasteiger partial charge in [-0.2, -0.15) is 0 Å². The topological polar surface area (TPSA) is 21.6 Å². The lowest BCUT2D eigenvalue weighted by Gasteiger charge is -2.18. The van der Waals surface area contributed by atoms with Crippen molar-refractivity contribution in [2.24, 2.45) is 4.99 Å². The highest BCUT2D eigenvalue weighted by atomic mass is 16.5. The molecule has 0 heterocycles. The molecular formula is C14H19NO. The first-order valence-corrected chi connectivity index (χ1v) is 5.43. The Hall–Kier alpha value is -1.41. The van der Waals surface area contributed by atoms with Gasteiger partial charge >= 0.3 is 0 Å². The number of ether oxygens (including phenoxy) is 1. The van der Waals surface area contributed by atoms with E-state index >= 15 is 0 Å². The summed E-state index contributed by atoms with van der Waals surface area (Å²) in [4.78, 5) is 4.51. The molecule has 2 heteroatoms. The number of hydrogen-bond acceptors (Lipinski definition) is 2.